The van der Waals surface area contributed by atoms with E-state index in [1.54, 1.807) is 0 Å². The highest BCUT2D eigenvalue weighted by Gasteiger charge is 2.25. The largest absolute Gasteiger partial charge is 0.370 e. The summed E-state index contributed by atoms with van der Waals surface area (Å²) < 4.78 is 0. The summed E-state index contributed by atoms with van der Waals surface area (Å²) in [6.45, 7) is 15.7. The minimum Gasteiger partial charge on any atom is -0.370 e. The van der Waals surface area contributed by atoms with Crippen LogP contribution in [-0.2, 0) is 6.54 Å². The molecule has 21 heavy (non-hydrogen) atoms. The first-order valence-corrected chi connectivity index (χ1v) is 8.15. The van der Waals surface area contributed by atoms with Crippen LogP contribution >= 0.6 is 0 Å². The molecule has 118 valence electrons. The van der Waals surface area contributed by atoms with E-state index in [0.29, 0.717) is 5.54 Å². The molecular formula is C17H30N4. The zero-order chi connectivity index (χ0) is 15.3. The standard InChI is InChI=1S/C17H30N4/c1-5-7-18-16-13-15(6-8-19-16)14-20-9-11-21(12-10-20)17(2,3)4/h6,8,13H,5,7,9-12,14H2,1-4H3,(H,18,19). The quantitative estimate of drug-likeness (QED) is 0.903. The third kappa shape index (κ3) is 4.97. The van der Waals surface area contributed by atoms with E-state index in [2.05, 4.69) is 59.9 Å². The van der Waals surface area contributed by atoms with Crippen molar-refractivity contribution >= 4 is 5.82 Å². The fourth-order valence-electron chi connectivity index (χ4n) is 2.76. The summed E-state index contributed by atoms with van der Waals surface area (Å²) in [6.07, 6.45) is 3.04. The van der Waals surface area contributed by atoms with Gasteiger partial charge in [0.05, 0.1) is 0 Å². The van der Waals surface area contributed by atoms with Crippen molar-refractivity contribution in [1.82, 2.24) is 14.8 Å². The van der Waals surface area contributed by atoms with Gasteiger partial charge in [0.2, 0.25) is 0 Å². The van der Waals surface area contributed by atoms with Crippen molar-refractivity contribution in [3.8, 4) is 0 Å². The summed E-state index contributed by atoms with van der Waals surface area (Å²) in [6, 6.07) is 4.32. The Morgan fingerprint density at radius 3 is 2.52 bits per heavy atom. The zero-order valence-electron chi connectivity index (χ0n) is 14.0. The van der Waals surface area contributed by atoms with Crippen LogP contribution in [0.2, 0.25) is 0 Å². The van der Waals surface area contributed by atoms with Gasteiger partial charge in [0.15, 0.2) is 0 Å². The van der Waals surface area contributed by atoms with Crippen LogP contribution in [0.5, 0.6) is 0 Å². The van der Waals surface area contributed by atoms with E-state index in [9.17, 15) is 0 Å². The van der Waals surface area contributed by atoms with E-state index in [4.69, 9.17) is 0 Å². The highest BCUT2D eigenvalue weighted by atomic mass is 15.3. The molecule has 0 aromatic carbocycles. The lowest BCUT2D eigenvalue weighted by Gasteiger charge is -2.42. The third-order valence-electron chi connectivity index (χ3n) is 4.11. The number of nitrogens with one attached hydrogen (secondary N) is 1. The van der Waals surface area contributed by atoms with Gasteiger partial charge in [0.1, 0.15) is 5.82 Å². The first-order valence-electron chi connectivity index (χ1n) is 8.15. The molecule has 0 aliphatic carbocycles. The first kappa shape index (κ1) is 16.2. The van der Waals surface area contributed by atoms with Gasteiger partial charge >= 0.3 is 0 Å². The van der Waals surface area contributed by atoms with Crippen molar-refractivity contribution in [2.75, 3.05) is 38.0 Å². The van der Waals surface area contributed by atoms with Gasteiger partial charge in [0, 0.05) is 51.0 Å². The number of piperazine rings is 1. The fraction of sp³-hybridized carbons (Fsp3) is 0.706. The molecule has 1 aliphatic rings. The summed E-state index contributed by atoms with van der Waals surface area (Å²) in [5.74, 6) is 1.00. The van der Waals surface area contributed by atoms with Gasteiger partial charge in [-0.25, -0.2) is 4.98 Å². The second-order valence-corrected chi connectivity index (χ2v) is 6.91. The predicted octanol–water partition coefficient (Wildman–Crippen LogP) is 2.82. The number of rotatable bonds is 5. The van der Waals surface area contributed by atoms with Crippen LogP contribution in [-0.4, -0.2) is 53.0 Å². The van der Waals surface area contributed by atoms with Crippen molar-refractivity contribution in [3.05, 3.63) is 23.9 Å². The third-order valence-corrected chi connectivity index (χ3v) is 4.11. The monoisotopic (exact) mass is 290 g/mol. The first-order chi connectivity index (χ1) is 9.99. The van der Waals surface area contributed by atoms with Crippen LogP contribution in [0.15, 0.2) is 18.3 Å². The summed E-state index contributed by atoms with van der Waals surface area (Å²) in [7, 11) is 0. The van der Waals surface area contributed by atoms with Gasteiger partial charge < -0.3 is 5.32 Å². The topological polar surface area (TPSA) is 31.4 Å². The number of hydrogen-bond donors (Lipinski definition) is 1. The molecule has 1 aromatic rings. The molecule has 0 atom stereocenters. The van der Waals surface area contributed by atoms with Gasteiger partial charge in [-0.05, 0) is 44.9 Å². The Hall–Kier alpha value is -1.13. The Bertz CT molecular complexity index is 431. The van der Waals surface area contributed by atoms with E-state index in [0.717, 1.165) is 51.5 Å². The lowest BCUT2D eigenvalue weighted by Crippen LogP contribution is -2.53. The molecule has 0 saturated carbocycles. The number of aromatic nitrogens is 1. The van der Waals surface area contributed by atoms with E-state index in [1.807, 2.05) is 6.20 Å². The molecule has 2 heterocycles. The second-order valence-electron chi connectivity index (χ2n) is 6.91. The minimum absolute atomic E-state index is 0.292. The molecule has 1 saturated heterocycles. The smallest absolute Gasteiger partial charge is 0.126 e. The lowest BCUT2D eigenvalue weighted by molar-refractivity contribution is 0.0591. The highest BCUT2D eigenvalue weighted by Crippen LogP contribution is 2.17. The number of pyridine rings is 1. The molecule has 0 amide bonds. The normalized spacial score (nSPS) is 17.9. The number of hydrogen-bond acceptors (Lipinski definition) is 4. The molecule has 1 aliphatic heterocycles. The molecule has 1 fully saturated rings. The van der Waals surface area contributed by atoms with Crippen molar-refractivity contribution in [2.45, 2.75) is 46.2 Å². The van der Waals surface area contributed by atoms with Crippen LogP contribution in [0.25, 0.3) is 0 Å². The van der Waals surface area contributed by atoms with Crippen molar-refractivity contribution in [2.24, 2.45) is 0 Å². The van der Waals surface area contributed by atoms with E-state index in [-0.39, 0.29) is 0 Å². The molecule has 2 rings (SSSR count). The summed E-state index contributed by atoms with van der Waals surface area (Å²) in [4.78, 5) is 9.49. The van der Waals surface area contributed by atoms with Crippen LogP contribution in [0.4, 0.5) is 5.82 Å². The maximum atomic E-state index is 4.38. The Morgan fingerprint density at radius 2 is 1.90 bits per heavy atom. The molecule has 0 radical (unpaired) electrons. The van der Waals surface area contributed by atoms with Crippen LogP contribution in [0.1, 0.15) is 39.7 Å². The summed E-state index contributed by atoms with van der Waals surface area (Å²) in [5.41, 5.74) is 1.65. The average Bonchev–Trinajstić information content (AvgIpc) is 2.45. The Labute approximate surface area is 129 Å². The number of nitrogens with zero attached hydrogens (tertiary/aromatic N) is 3. The Morgan fingerprint density at radius 1 is 1.19 bits per heavy atom. The van der Waals surface area contributed by atoms with E-state index in [1.165, 1.54) is 5.56 Å². The molecule has 0 bridgehead atoms. The molecular weight excluding hydrogens is 260 g/mol. The Kier molecular flexibility index (Phi) is 5.59. The predicted molar refractivity (Wildman–Crippen MR) is 89.6 cm³/mol. The maximum Gasteiger partial charge on any atom is 0.126 e. The van der Waals surface area contributed by atoms with Crippen LogP contribution in [0.3, 0.4) is 0 Å². The molecule has 0 unspecified atom stereocenters. The molecule has 4 nitrogen and oxygen atoms in total. The van der Waals surface area contributed by atoms with E-state index < -0.39 is 0 Å². The minimum atomic E-state index is 0.292. The van der Waals surface area contributed by atoms with Crippen molar-refractivity contribution < 1.29 is 0 Å². The SMILES string of the molecule is CCCNc1cc(CN2CCN(C(C)(C)C)CC2)ccn1. The fourth-order valence-corrected chi connectivity index (χ4v) is 2.76. The van der Waals surface area contributed by atoms with Gasteiger partial charge in [0.25, 0.3) is 0 Å². The second kappa shape index (κ2) is 7.23. The average molecular weight is 290 g/mol. The zero-order valence-corrected chi connectivity index (χ0v) is 14.0. The Balaban J connectivity index is 1.86. The molecule has 1 aromatic heterocycles. The summed E-state index contributed by atoms with van der Waals surface area (Å²) in [5, 5.41) is 3.36. The van der Waals surface area contributed by atoms with Crippen molar-refractivity contribution in [3.63, 3.8) is 0 Å². The molecule has 0 spiro atoms. The van der Waals surface area contributed by atoms with Crippen molar-refractivity contribution in [1.29, 1.82) is 0 Å². The molecule has 1 N–H and O–H groups in total. The van der Waals surface area contributed by atoms with Gasteiger partial charge in [-0.2, -0.15) is 0 Å². The lowest BCUT2D eigenvalue weighted by atomic mass is 10.0. The van der Waals surface area contributed by atoms with Crippen LogP contribution in [0, 0.1) is 0 Å². The van der Waals surface area contributed by atoms with Crippen LogP contribution < -0.4 is 5.32 Å². The maximum absolute atomic E-state index is 4.38. The van der Waals surface area contributed by atoms with Gasteiger partial charge in [-0.15, -0.1) is 0 Å². The highest BCUT2D eigenvalue weighted by molar-refractivity contribution is 5.37. The van der Waals surface area contributed by atoms with Gasteiger partial charge in [-0.1, -0.05) is 6.92 Å². The molecule has 4 heteroatoms. The summed E-state index contributed by atoms with van der Waals surface area (Å²) >= 11 is 0. The van der Waals surface area contributed by atoms with E-state index >= 15 is 0 Å². The number of anilines is 1. The van der Waals surface area contributed by atoms with Gasteiger partial charge in [-0.3, -0.25) is 9.80 Å².